The number of rotatable bonds is 3. The fourth-order valence-corrected chi connectivity index (χ4v) is 1.95. The van der Waals surface area contributed by atoms with Gasteiger partial charge in [0, 0.05) is 17.8 Å². The molecule has 0 atom stereocenters. The Bertz CT molecular complexity index is 709. The number of aromatic hydroxyl groups is 1. The summed E-state index contributed by atoms with van der Waals surface area (Å²) in [6.07, 6.45) is 1.42. The van der Waals surface area contributed by atoms with Crippen molar-refractivity contribution in [2.24, 2.45) is 4.99 Å². The quantitative estimate of drug-likeness (QED) is 0.666. The van der Waals surface area contributed by atoms with Crippen LogP contribution in [0, 0.1) is 0 Å². The topological polar surface area (TPSA) is 87.0 Å². The van der Waals surface area contributed by atoms with Crippen molar-refractivity contribution >= 4 is 22.0 Å². The van der Waals surface area contributed by atoms with Crippen LogP contribution in [0.3, 0.4) is 0 Å². The van der Waals surface area contributed by atoms with Crippen LogP contribution in [0.5, 0.6) is 5.75 Å². The summed E-state index contributed by atoms with van der Waals surface area (Å²) in [4.78, 5) is 3.77. The maximum absolute atomic E-state index is 10.9. The van der Waals surface area contributed by atoms with Gasteiger partial charge in [0.1, 0.15) is 5.75 Å². The Hall–Kier alpha value is -2.18. The summed E-state index contributed by atoms with van der Waals surface area (Å²) < 4.78 is 30.6. The summed E-state index contributed by atoms with van der Waals surface area (Å²) in [5.74, 6) is -0.269. The zero-order valence-electron chi connectivity index (χ0n) is 9.76. The lowest BCUT2D eigenvalue weighted by Crippen LogP contribution is -1.98. The van der Waals surface area contributed by atoms with Crippen molar-refractivity contribution < 1.29 is 18.1 Å². The van der Waals surface area contributed by atoms with Gasteiger partial charge in [0.15, 0.2) is 0 Å². The number of phenols is 1. The van der Waals surface area contributed by atoms with Gasteiger partial charge in [-0.1, -0.05) is 18.2 Å². The minimum absolute atomic E-state index is 0.269. The molecule has 0 aliphatic carbocycles. The highest BCUT2D eigenvalue weighted by atomic mass is 32.2. The Morgan fingerprint density at radius 3 is 2.32 bits per heavy atom. The van der Waals surface area contributed by atoms with Crippen LogP contribution >= 0.6 is 0 Å². The normalized spacial score (nSPS) is 11.8. The number of hydrogen-bond acceptors (Lipinski definition) is 4. The average Bonchev–Trinajstić information content (AvgIpc) is 2.37. The monoisotopic (exact) mass is 277 g/mol. The van der Waals surface area contributed by atoms with E-state index in [4.69, 9.17) is 4.55 Å². The summed E-state index contributed by atoms with van der Waals surface area (Å²) in [7, 11) is -4.31. The van der Waals surface area contributed by atoms with E-state index in [1.807, 2.05) is 18.2 Å². The van der Waals surface area contributed by atoms with Gasteiger partial charge in [-0.25, -0.2) is 0 Å². The van der Waals surface area contributed by atoms with Crippen molar-refractivity contribution in [1.29, 1.82) is 0 Å². The standard InChI is InChI=1S/C13H11NO4S/c15-13-8-12(19(16,17)18)7-6-10(13)9-14-11-4-2-1-3-5-11/h1-9,15H,(H,16,17,18). The second-order valence-corrected chi connectivity index (χ2v) is 5.21. The molecular formula is C13H11NO4S. The summed E-state index contributed by atoms with van der Waals surface area (Å²) in [5, 5.41) is 9.67. The second kappa shape index (κ2) is 5.21. The highest BCUT2D eigenvalue weighted by molar-refractivity contribution is 7.85. The van der Waals surface area contributed by atoms with E-state index in [0.717, 1.165) is 6.07 Å². The third kappa shape index (κ3) is 3.40. The van der Waals surface area contributed by atoms with Gasteiger partial charge >= 0.3 is 0 Å². The van der Waals surface area contributed by atoms with Crippen LogP contribution in [0.2, 0.25) is 0 Å². The molecular weight excluding hydrogens is 266 g/mol. The van der Waals surface area contributed by atoms with Gasteiger partial charge in [-0.15, -0.1) is 0 Å². The van der Waals surface area contributed by atoms with Crippen LogP contribution in [-0.2, 0) is 10.1 Å². The molecule has 5 nitrogen and oxygen atoms in total. The molecule has 2 aromatic rings. The molecule has 2 N–H and O–H groups in total. The number of nitrogens with zero attached hydrogens (tertiary/aromatic N) is 1. The fourth-order valence-electron chi connectivity index (χ4n) is 1.45. The third-order valence-corrected chi connectivity index (χ3v) is 3.26. The van der Waals surface area contributed by atoms with E-state index in [2.05, 4.69) is 4.99 Å². The van der Waals surface area contributed by atoms with Gasteiger partial charge in [-0.3, -0.25) is 9.55 Å². The highest BCUT2D eigenvalue weighted by Gasteiger charge is 2.11. The third-order valence-electron chi connectivity index (χ3n) is 2.41. The van der Waals surface area contributed by atoms with E-state index >= 15 is 0 Å². The van der Waals surface area contributed by atoms with Crippen molar-refractivity contribution in [2.75, 3.05) is 0 Å². The summed E-state index contributed by atoms with van der Waals surface area (Å²) in [6, 6.07) is 12.6. The molecule has 0 aromatic heterocycles. The van der Waals surface area contributed by atoms with Gasteiger partial charge in [-0.05, 0) is 24.3 Å². The Morgan fingerprint density at radius 2 is 1.74 bits per heavy atom. The number of phenolic OH excluding ortho intramolecular Hbond substituents is 1. The average molecular weight is 277 g/mol. The zero-order valence-corrected chi connectivity index (χ0v) is 10.6. The smallest absolute Gasteiger partial charge is 0.294 e. The molecule has 98 valence electrons. The first kappa shape index (κ1) is 13.3. The maximum atomic E-state index is 10.9. The summed E-state index contributed by atoms with van der Waals surface area (Å²) in [6.45, 7) is 0. The predicted octanol–water partition coefficient (Wildman–Crippen LogP) is 2.39. The Kier molecular flexibility index (Phi) is 3.64. The molecule has 6 heteroatoms. The summed E-state index contributed by atoms with van der Waals surface area (Å²) >= 11 is 0. The zero-order chi connectivity index (χ0) is 13.9. The van der Waals surface area contributed by atoms with E-state index in [1.54, 1.807) is 12.1 Å². The van der Waals surface area contributed by atoms with Crippen molar-refractivity contribution in [2.45, 2.75) is 4.90 Å². The fraction of sp³-hybridized carbons (Fsp3) is 0. The number of benzene rings is 2. The molecule has 19 heavy (non-hydrogen) atoms. The molecule has 0 aliphatic rings. The van der Waals surface area contributed by atoms with Crippen molar-refractivity contribution in [3.05, 3.63) is 54.1 Å². The van der Waals surface area contributed by atoms with E-state index in [9.17, 15) is 13.5 Å². The SMILES string of the molecule is O=S(=O)(O)c1ccc(C=Nc2ccccc2)c(O)c1. The first-order valence-corrected chi connectivity index (χ1v) is 6.80. The Morgan fingerprint density at radius 1 is 1.05 bits per heavy atom. The van der Waals surface area contributed by atoms with Gasteiger partial charge in [-0.2, -0.15) is 8.42 Å². The van der Waals surface area contributed by atoms with Crippen molar-refractivity contribution in [1.82, 2.24) is 0 Å². The molecule has 0 heterocycles. The molecule has 0 unspecified atom stereocenters. The minimum Gasteiger partial charge on any atom is -0.507 e. The van der Waals surface area contributed by atoms with Crippen molar-refractivity contribution in [3.63, 3.8) is 0 Å². The van der Waals surface area contributed by atoms with Crippen LogP contribution in [0.15, 0.2) is 58.4 Å². The van der Waals surface area contributed by atoms with Gasteiger partial charge in [0.25, 0.3) is 10.1 Å². The molecule has 2 aromatic carbocycles. The first-order valence-electron chi connectivity index (χ1n) is 5.36. The Labute approximate surface area is 110 Å². The van der Waals surface area contributed by atoms with E-state index < -0.39 is 10.1 Å². The molecule has 0 saturated heterocycles. The van der Waals surface area contributed by atoms with Crippen LogP contribution in [0.4, 0.5) is 5.69 Å². The lowest BCUT2D eigenvalue weighted by atomic mass is 10.2. The molecule has 0 radical (unpaired) electrons. The molecule has 0 aliphatic heterocycles. The highest BCUT2D eigenvalue weighted by Crippen LogP contribution is 2.21. The lowest BCUT2D eigenvalue weighted by Gasteiger charge is -2.01. The molecule has 2 rings (SSSR count). The van der Waals surface area contributed by atoms with Gasteiger partial charge < -0.3 is 5.11 Å². The first-order chi connectivity index (χ1) is 8.97. The molecule has 0 saturated carbocycles. The largest absolute Gasteiger partial charge is 0.507 e. The number of para-hydroxylation sites is 1. The molecule has 0 amide bonds. The molecule has 0 bridgehead atoms. The predicted molar refractivity (Wildman–Crippen MR) is 71.6 cm³/mol. The number of hydrogen-bond donors (Lipinski definition) is 2. The van der Waals surface area contributed by atoms with Crippen LogP contribution in [-0.4, -0.2) is 24.3 Å². The van der Waals surface area contributed by atoms with Gasteiger partial charge in [0.2, 0.25) is 0 Å². The van der Waals surface area contributed by atoms with E-state index in [-0.39, 0.29) is 10.6 Å². The van der Waals surface area contributed by atoms with Crippen LogP contribution < -0.4 is 0 Å². The van der Waals surface area contributed by atoms with Crippen molar-refractivity contribution in [3.8, 4) is 5.75 Å². The molecule has 0 fully saturated rings. The van der Waals surface area contributed by atoms with Gasteiger partial charge in [0.05, 0.1) is 10.6 Å². The van der Waals surface area contributed by atoms with Crippen LogP contribution in [0.25, 0.3) is 0 Å². The second-order valence-electron chi connectivity index (χ2n) is 3.79. The molecule has 0 spiro atoms. The number of aliphatic imine (C=N–C) groups is 1. The minimum atomic E-state index is -4.31. The maximum Gasteiger partial charge on any atom is 0.294 e. The van der Waals surface area contributed by atoms with E-state index in [0.29, 0.717) is 11.3 Å². The summed E-state index contributed by atoms with van der Waals surface area (Å²) in [5.41, 5.74) is 1.07. The van der Waals surface area contributed by atoms with Crippen LogP contribution in [0.1, 0.15) is 5.56 Å². The van der Waals surface area contributed by atoms with E-state index in [1.165, 1.54) is 18.3 Å². The lowest BCUT2D eigenvalue weighted by molar-refractivity contribution is 0.465. The Balaban J connectivity index is 2.30.